The standard InChI is InChI=1S/C18H21ClN2O2/c1-11-5-4-6-12(2)13(11)7-8-21-18(22)14-9-15(19)16(20)10-17(14)23-3/h4-6,9-10H,7-8,20H2,1-3H3,(H,21,22). The van der Waals surface area contributed by atoms with Crippen LogP contribution in [0.5, 0.6) is 5.75 Å². The second-order valence-corrected chi connectivity index (χ2v) is 5.86. The van der Waals surface area contributed by atoms with Crippen LogP contribution < -0.4 is 15.8 Å². The first-order valence-electron chi connectivity index (χ1n) is 7.40. The molecule has 2 aromatic carbocycles. The van der Waals surface area contributed by atoms with Crippen LogP contribution in [-0.2, 0) is 6.42 Å². The van der Waals surface area contributed by atoms with Gasteiger partial charge in [0.25, 0.3) is 5.91 Å². The van der Waals surface area contributed by atoms with Crippen molar-refractivity contribution >= 4 is 23.2 Å². The Kier molecular flexibility index (Phi) is 5.50. The molecule has 0 saturated carbocycles. The van der Waals surface area contributed by atoms with Gasteiger partial charge in [0.2, 0.25) is 0 Å². The summed E-state index contributed by atoms with van der Waals surface area (Å²) in [6.45, 7) is 4.69. The third-order valence-electron chi connectivity index (χ3n) is 3.87. The van der Waals surface area contributed by atoms with Crippen molar-refractivity contribution in [3.8, 4) is 5.75 Å². The molecule has 3 N–H and O–H groups in total. The monoisotopic (exact) mass is 332 g/mol. The van der Waals surface area contributed by atoms with Crippen molar-refractivity contribution in [2.75, 3.05) is 19.4 Å². The van der Waals surface area contributed by atoms with Gasteiger partial charge in [-0.25, -0.2) is 0 Å². The number of methoxy groups -OCH3 is 1. The van der Waals surface area contributed by atoms with E-state index in [1.807, 2.05) is 6.07 Å². The Morgan fingerprint density at radius 3 is 2.52 bits per heavy atom. The van der Waals surface area contributed by atoms with E-state index in [-0.39, 0.29) is 5.91 Å². The number of carbonyl (C=O) groups is 1. The zero-order valence-electron chi connectivity index (χ0n) is 13.6. The second kappa shape index (κ2) is 7.38. The summed E-state index contributed by atoms with van der Waals surface area (Å²) in [7, 11) is 1.50. The Hall–Kier alpha value is -2.20. The Bertz CT molecular complexity index is 709. The molecule has 122 valence electrons. The quantitative estimate of drug-likeness (QED) is 0.823. The van der Waals surface area contributed by atoms with Crippen molar-refractivity contribution in [2.45, 2.75) is 20.3 Å². The molecular formula is C18H21ClN2O2. The number of hydrogen-bond acceptors (Lipinski definition) is 3. The van der Waals surface area contributed by atoms with E-state index in [1.165, 1.54) is 29.9 Å². The molecule has 0 fully saturated rings. The van der Waals surface area contributed by atoms with Crippen LogP contribution in [0.15, 0.2) is 30.3 Å². The molecule has 0 aliphatic carbocycles. The summed E-state index contributed by atoms with van der Waals surface area (Å²) >= 11 is 6.00. The molecule has 0 saturated heterocycles. The number of ether oxygens (including phenoxy) is 1. The topological polar surface area (TPSA) is 64.3 Å². The average Bonchev–Trinajstić information content (AvgIpc) is 2.52. The van der Waals surface area contributed by atoms with E-state index in [2.05, 4.69) is 31.3 Å². The van der Waals surface area contributed by atoms with Gasteiger partial charge in [0.1, 0.15) is 5.75 Å². The van der Waals surface area contributed by atoms with Crippen molar-refractivity contribution in [1.29, 1.82) is 0 Å². The number of carbonyl (C=O) groups excluding carboxylic acids is 1. The Labute approximate surface area is 141 Å². The van der Waals surface area contributed by atoms with Gasteiger partial charge in [0.15, 0.2) is 0 Å². The van der Waals surface area contributed by atoms with Crippen LogP contribution in [0.4, 0.5) is 5.69 Å². The van der Waals surface area contributed by atoms with E-state index in [1.54, 1.807) is 6.07 Å². The highest BCUT2D eigenvalue weighted by molar-refractivity contribution is 6.33. The lowest BCUT2D eigenvalue weighted by Crippen LogP contribution is -2.26. The largest absolute Gasteiger partial charge is 0.496 e. The fraction of sp³-hybridized carbons (Fsp3) is 0.278. The number of nitrogens with one attached hydrogen (secondary N) is 1. The number of aryl methyl sites for hydroxylation is 2. The molecule has 0 atom stereocenters. The van der Waals surface area contributed by atoms with Crippen molar-refractivity contribution in [2.24, 2.45) is 0 Å². The van der Waals surface area contributed by atoms with Gasteiger partial charge in [-0.15, -0.1) is 0 Å². The smallest absolute Gasteiger partial charge is 0.255 e. The minimum atomic E-state index is -0.227. The summed E-state index contributed by atoms with van der Waals surface area (Å²) in [6, 6.07) is 9.28. The number of nitrogen functional groups attached to an aromatic ring is 1. The molecule has 0 bridgehead atoms. The van der Waals surface area contributed by atoms with E-state index in [0.29, 0.717) is 28.6 Å². The van der Waals surface area contributed by atoms with Crippen molar-refractivity contribution in [3.63, 3.8) is 0 Å². The summed E-state index contributed by atoms with van der Waals surface area (Å²) in [6.07, 6.45) is 0.773. The maximum atomic E-state index is 12.4. The second-order valence-electron chi connectivity index (χ2n) is 5.45. The molecule has 23 heavy (non-hydrogen) atoms. The summed E-state index contributed by atoms with van der Waals surface area (Å²) in [5, 5.41) is 3.24. The number of rotatable bonds is 5. The minimum Gasteiger partial charge on any atom is -0.496 e. The minimum absolute atomic E-state index is 0.227. The van der Waals surface area contributed by atoms with E-state index >= 15 is 0 Å². The Morgan fingerprint density at radius 2 is 1.91 bits per heavy atom. The molecule has 5 heteroatoms. The molecular weight excluding hydrogens is 312 g/mol. The third-order valence-corrected chi connectivity index (χ3v) is 4.20. The predicted octanol–water partition coefficient (Wildman–Crippen LogP) is 3.52. The van der Waals surface area contributed by atoms with Gasteiger partial charge in [-0.1, -0.05) is 29.8 Å². The maximum absolute atomic E-state index is 12.4. The van der Waals surface area contributed by atoms with Gasteiger partial charge in [-0.2, -0.15) is 0 Å². The van der Waals surface area contributed by atoms with Gasteiger partial charge < -0.3 is 15.8 Å². The van der Waals surface area contributed by atoms with Gasteiger partial charge in [0, 0.05) is 12.6 Å². The van der Waals surface area contributed by atoms with Crippen molar-refractivity contribution in [3.05, 3.63) is 57.6 Å². The third kappa shape index (κ3) is 3.96. The van der Waals surface area contributed by atoms with Crippen LogP contribution in [0.2, 0.25) is 5.02 Å². The summed E-state index contributed by atoms with van der Waals surface area (Å²) in [4.78, 5) is 12.4. The lowest BCUT2D eigenvalue weighted by molar-refractivity contribution is 0.0951. The van der Waals surface area contributed by atoms with Gasteiger partial charge in [0.05, 0.1) is 23.4 Å². The summed E-state index contributed by atoms with van der Waals surface area (Å²) in [5.41, 5.74) is 10.2. The van der Waals surface area contributed by atoms with Gasteiger partial charge >= 0.3 is 0 Å². The maximum Gasteiger partial charge on any atom is 0.255 e. The molecule has 0 unspecified atom stereocenters. The number of halogens is 1. The molecule has 4 nitrogen and oxygen atoms in total. The van der Waals surface area contributed by atoms with Crippen molar-refractivity contribution < 1.29 is 9.53 Å². The van der Waals surface area contributed by atoms with Crippen LogP contribution in [0.3, 0.4) is 0 Å². The fourth-order valence-corrected chi connectivity index (χ4v) is 2.72. The highest BCUT2D eigenvalue weighted by Gasteiger charge is 2.15. The first-order chi connectivity index (χ1) is 10.9. The van der Waals surface area contributed by atoms with Crippen LogP contribution in [0.1, 0.15) is 27.0 Å². The zero-order valence-corrected chi connectivity index (χ0v) is 14.3. The highest BCUT2D eigenvalue weighted by atomic mass is 35.5. The molecule has 2 rings (SSSR count). The highest BCUT2D eigenvalue weighted by Crippen LogP contribution is 2.28. The zero-order chi connectivity index (χ0) is 17.0. The normalized spacial score (nSPS) is 10.4. The first-order valence-corrected chi connectivity index (χ1v) is 7.78. The van der Waals surface area contributed by atoms with E-state index in [9.17, 15) is 4.79 Å². The lowest BCUT2D eigenvalue weighted by Gasteiger charge is -2.13. The van der Waals surface area contributed by atoms with Crippen LogP contribution in [-0.4, -0.2) is 19.6 Å². The molecule has 0 radical (unpaired) electrons. The Morgan fingerprint density at radius 1 is 1.26 bits per heavy atom. The van der Waals surface area contributed by atoms with E-state index in [4.69, 9.17) is 22.1 Å². The number of benzene rings is 2. The predicted molar refractivity (Wildman–Crippen MR) is 94.4 cm³/mol. The van der Waals surface area contributed by atoms with Gasteiger partial charge in [-0.05, 0) is 43.0 Å². The SMILES string of the molecule is COc1cc(N)c(Cl)cc1C(=O)NCCc1c(C)cccc1C. The fourth-order valence-electron chi connectivity index (χ4n) is 2.56. The van der Waals surface area contributed by atoms with Crippen LogP contribution >= 0.6 is 11.6 Å². The molecule has 0 spiro atoms. The van der Waals surface area contributed by atoms with E-state index < -0.39 is 0 Å². The lowest BCUT2D eigenvalue weighted by atomic mass is 10.0. The van der Waals surface area contributed by atoms with E-state index in [0.717, 1.165) is 6.42 Å². The van der Waals surface area contributed by atoms with Crippen LogP contribution in [0.25, 0.3) is 0 Å². The summed E-state index contributed by atoms with van der Waals surface area (Å²) < 4.78 is 5.21. The molecule has 0 aliphatic rings. The molecule has 0 heterocycles. The number of anilines is 1. The number of nitrogens with two attached hydrogens (primary N) is 1. The average molecular weight is 333 g/mol. The molecule has 2 aromatic rings. The summed E-state index contributed by atoms with van der Waals surface area (Å²) in [5.74, 6) is 0.187. The number of amides is 1. The van der Waals surface area contributed by atoms with Crippen molar-refractivity contribution in [1.82, 2.24) is 5.32 Å². The molecule has 1 amide bonds. The number of hydrogen-bond donors (Lipinski definition) is 2. The first kappa shape index (κ1) is 17.2. The van der Waals surface area contributed by atoms with Gasteiger partial charge in [-0.3, -0.25) is 4.79 Å². The molecule has 0 aromatic heterocycles. The Balaban J connectivity index is 2.07. The molecule has 0 aliphatic heterocycles. The van der Waals surface area contributed by atoms with Crippen LogP contribution in [0, 0.1) is 13.8 Å².